The van der Waals surface area contributed by atoms with E-state index in [1.165, 1.54) is 35.1 Å². The summed E-state index contributed by atoms with van der Waals surface area (Å²) in [6, 6.07) is 0. The number of carbonyl (C=O) groups excluding carboxylic acids is 1. The first-order chi connectivity index (χ1) is 8.79. The van der Waals surface area contributed by atoms with Crippen molar-refractivity contribution in [1.82, 2.24) is 0 Å². The number of rotatable bonds is 5. The minimum Gasteiger partial charge on any atom is -0.299 e. The van der Waals surface area contributed by atoms with Gasteiger partial charge in [-0.2, -0.15) is 0 Å². The molecule has 0 spiro atoms. The topological polar surface area (TPSA) is 17.1 Å². The van der Waals surface area contributed by atoms with Gasteiger partial charge >= 0.3 is 0 Å². The van der Waals surface area contributed by atoms with Gasteiger partial charge in [-0.25, -0.2) is 0 Å². The molecule has 2 unspecified atom stereocenters. The van der Waals surface area contributed by atoms with Crippen molar-refractivity contribution in [2.24, 2.45) is 17.8 Å². The number of hydrogen-bond acceptors (Lipinski definition) is 1. The molecule has 19 heavy (non-hydrogen) atoms. The highest BCUT2D eigenvalue weighted by atomic mass is 16.1. The van der Waals surface area contributed by atoms with Gasteiger partial charge in [-0.1, -0.05) is 38.8 Å². The second-order valence-electron chi connectivity index (χ2n) is 6.61. The van der Waals surface area contributed by atoms with Crippen molar-refractivity contribution in [2.75, 3.05) is 0 Å². The van der Waals surface area contributed by atoms with Gasteiger partial charge < -0.3 is 0 Å². The Labute approximate surface area is 119 Å². The molecular formula is C18H30O. The van der Waals surface area contributed by atoms with E-state index in [1.54, 1.807) is 6.92 Å². The van der Waals surface area contributed by atoms with Crippen molar-refractivity contribution in [3.63, 3.8) is 0 Å². The van der Waals surface area contributed by atoms with Crippen LogP contribution < -0.4 is 0 Å². The number of carbonyl (C=O) groups is 1. The zero-order valence-electron chi connectivity index (χ0n) is 13.8. The van der Waals surface area contributed by atoms with Crippen LogP contribution in [0.25, 0.3) is 0 Å². The monoisotopic (exact) mass is 262 g/mol. The molecule has 0 saturated carbocycles. The first kappa shape index (κ1) is 16.2. The van der Waals surface area contributed by atoms with Gasteiger partial charge in [-0.05, 0) is 63.0 Å². The van der Waals surface area contributed by atoms with E-state index in [9.17, 15) is 4.79 Å². The predicted octanol–water partition coefficient (Wildman–Crippen LogP) is 5.32. The third-order valence-corrected chi connectivity index (χ3v) is 4.52. The molecule has 1 aliphatic rings. The summed E-state index contributed by atoms with van der Waals surface area (Å²) < 4.78 is 0. The lowest BCUT2D eigenvalue weighted by atomic mass is 9.79. The summed E-state index contributed by atoms with van der Waals surface area (Å²) in [7, 11) is 0. The maximum Gasteiger partial charge on any atom is 0.137 e. The molecule has 108 valence electrons. The zero-order valence-corrected chi connectivity index (χ0v) is 13.8. The quantitative estimate of drug-likeness (QED) is 0.655. The summed E-state index contributed by atoms with van der Waals surface area (Å²) in [5.74, 6) is 1.57. The fourth-order valence-corrected chi connectivity index (χ4v) is 3.74. The fourth-order valence-electron chi connectivity index (χ4n) is 3.74. The molecule has 0 heterocycles. The lowest BCUT2D eigenvalue weighted by Gasteiger charge is -2.24. The van der Waals surface area contributed by atoms with Crippen LogP contribution >= 0.6 is 0 Å². The molecule has 0 aromatic carbocycles. The molecule has 1 aliphatic carbocycles. The molecule has 0 saturated heterocycles. The van der Waals surface area contributed by atoms with E-state index in [0.717, 1.165) is 12.3 Å². The second kappa shape index (κ2) is 6.54. The molecule has 0 aromatic heterocycles. The summed E-state index contributed by atoms with van der Waals surface area (Å²) >= 11 is 0. The highest BCUT2D eigenvalue weighted by Gasteiger charge is 2.27. The fraction of sp³-hybridized carbons (Fsp3) is 0.722. The Bertz CT molecular complexity index is 409. The van der Waals surface area contributed by atoms with Crippen LogP contribution in [0.2, 0.25) is 0 Å². The third kappa shape index (κ3) is 3.58. The van der Waals surface area contributed by atoms with Crippen LogP contribution in [0.5, 0.6) is 0 Å². The largest absolute Gasteiger partial charge is 0.299 e. The van der Waals surface area contributed by atoms with Crippen LogP contribution in [0.1, 0.15) is 67.7 Å². The van der Waals surface area contributed by atoms with E-state index in [-0.39, 0.29) is 5.92 Å². The summed E-state index contributed by atoms with van der Waals surface area (Å²) in [6.45, 7) is 15.1. The molecule has 1 rings (SSSR count). The van der Waals surface area contributed by atoms with Crippen LogP contribution in [0.4, 0.5) is 0 Å². The standard InChI is InChI=1S/C18H30O/c1-8-16(18(11(2)3)15(7)19)14(6)17-10-12(4)9-13(17)5/h11-12,18H,8-10H2,1-7H3/b16-14-. The Morgan fingerprint density at radius 1 is 1.26 bits per heavy atom. The van der Waals surface area contributed by atoms with Crippen molar-refractivity contribution >= 4 is 5.78 Å². The molecule has 1 heteroatoms. The van der Waals surface area contributed by atoms with Gasteiger partial charge in [0.2, 0.25) is 0 Å². The van der Waals surface area contributed by atoms with Crippen molar-refractivity contribution in [3.8, 4) is 0 Å². The molecule has 2 atom stereocenters. The SMILES string of the molecule is CC/C(=C(\C)C1=C(C)CC(C)C1)C(C(C)=O)C(C)C. The molecule has 0 aromatic rings. The van der Waals surface area contributed by atoms with Crippen LogP contribution in [0, 0.1) is 17.8 Å². The summed E-state index contributed by atoms with van der Waals surface area (Å²) in [5, 5.41) is 0. The van der Waals surface area contributed by atoms with Gasteiger partial charge in [0, 0.05) is 5.92 Å². The van der Waals surface area contributed by atoms with E-state index in [4.69, 9.17) is 0 Å². The Hall–Kier alpha value is -0.850. The Morgan fingerprint density at radius 2 is 1.84 bits per heavy atom. The predicted molar refractivity (Wildman–Crippen MR) is 83.1 cm³/mol. The smallest absolute Gasteiger partial charge is 0.137 e. The van der Waals surface area contributed by atoms with E-state index in [2.05, 4.69) is 41.5 Å². The molecule has 0 radical (unpaired) electrons. The van der Waals surface area contributed by atoms with Crippen LogP contribution in [-0.2, 0) is 4.79 Å². The van der Waals surface area contributed by atoms with Crippen molar-refractivity contribution in [2.45, 2.75) is 67.7 Å². The Kier molecular flexibility index (Phi) is 5.58. The van der Waals surface area contributed by atoms with E-state index in [1.807, 2.05) is 0 Å². The Balaban J connectivity index is 3.22. The Morgan fingerprint density at radius 3 is 2.16 bits per heavy atom. The van der Waals surface area contributed by atoms with Crippen LogP contribution in [-0.4, -0.2) is 5.78 Å². The molecule has 0 aliphatic heterocycles. The van der Waals surface area contributed by atoms with E-state index in [0.29, 0.717) is 11.7 Å². The number of Topliss-reactive ketones (excluding diaryl/α,β-unsaturated/α-hetero) is 1. The van der Waals surface area contributed by atoms with Gasteiger partial charge in [0.25, 0.3) is 0 Å². The minimum atomic E-state index is 0.0983. The first-order valence-corrected chi connectivity index (χ1v) is 7.68. The molecular weight excluding hydrogens is 232 g/mol. The number of ketones is 1. The number of allylic oxidation sites excluding steroid dienone is 4. The molecule has 0 amide bonds. The molecule has 0 N–H and O–H groups in total. The third-order valence-electron chi connectivity index (χ3n) is 4.52. The first-order valence-electron chi connectivity index (χ1n) is 7.68. The lowest BCUT2D eigenvalue weighted by Crippen LogP contribution is -2.21. The van der Waals surface area contributed by atoms with Crippen molar-refractivity contribution in [3.05, 3.63) is 22.3 Å². The molecule has 0 fully saturated rings. The summed E-state index contributed by atoms with van der Waals surface area (Å²) in [5.41, 5.74) is 5.82. The highest BCUT2D eigenvalue weighted by molar-refractivity contribution is 5.82. The molecule has 0 bridgehead atoms. The maximum absolute atomic E-state index is 12.0. The van der Waals surface area contributed by atoms with Gasteiger partial charge in [0.15, 0.2) is 0 Å². The summed E-state index contributed by atoms with van der Waals surface area (Å²) in [4.78, 5) is 12.0. The lowest BCUT2D eigenvalue weighted by molar-refractivity contribution is -0.120. The van der Waals surface area contributed by atoms with Crippen molar-refractivity contribution < 1.29 is 4.79 Å². The highest BCUT2D eigenvalue weighted by Crippen LogP contribution is 2.39. The average molecular weight is 262 g/mol. The maximum atomic E-state index is 12.0. The van der Waals surface area contributed by atoms with Crippen LogP contribution in [0.3, 0.4) is 0 Å². The van der Waals surface area contributed by atoms with Gasteiger partial charge in [-0.3, -0.25) is 4.79 Å². The van der Waals surface area contributed by atoms with Crippen LogP contribution in [0.15, 0.2) is 22.3 Å². The minimum absolute atomic E-state index is 0.0983. The zero-order chi connectivity index (χ0) is 14.7. The number of hydrogen-bond donors (Lipinski definition) is 0. The van der Waals surface area contributed by atoms with Crippen molar-refractivity contribution in [1.29, 1.82) is 0 Å². The average Bonchev–Trinajstić information content (AvgIpc) is 2.63. The van der Waals surface area contributed by atoms with Gasteiger partial charge in [0.05, 0.1) is 0 Å². The van der Waals surface area contributed by atoms with E-state index >= 15 is 0 Å². The normalized spacial score (nSPS) is 22.8. The van der Waals surface area contributed by atoms with Gasteiger partial charge in [-0.15, -0.1) is 0 Å². The summed E-state index contributed by atoms with van der Waals surface area (Å²) in [6.07, 6.45) is 3.39. The second-order valence-corrected chi connectivity index (χ2v) is 6.61. The van der Waals surface area contributed by atoms with E-state index < -0.39 is 0 Å². The molecule has 1 nitrogen and oxygen atoms in total. The van der Waals surface area contributed by atoms with Gasteiger partial charge in [0.1, 0.15) is 5.78 Å².